The summed E-state index contributed by atoms with van der Waals surface area (Å²) in [5.41, 5.74) is 0.802. The fourth-order valence-electron chi connectivity index (χ4n) is 1.35. The molecule has 5 heteroatoms. The predicted molar refractivity (Wildman–Crippen MR) is 70.2 cm³/mol. The Morgan fingerprint density at radius 2 is 2.50 bits per heavy atom. The summed E-state index contributed by atoms with van der Waals surface area (Å²) in [6.45, 7) is 0. The van der Waals surface area contributed by atoms with Crippen LogP contribution in [0.4, 0.5) is 0 Å². The van der Waals surface area contributed by atoms with Gasteiger partial charge in [-0.2, -0.15) is 11.8 Å². The molecule has 0 radical (unpaired) electrons. The Hall–Kier alpha value is 0.250. The van der Waals surface area contributed by atoms with E-state index in [1.54, 1.807) is 11.3 Å². The van der Waals surface area contributed by atoms with Crippen molar-refractivity contribution in [1.29, 1.82) is 0 Å². The number of nitrogens with one attached hydrogen (secondary N) is 1. The predicted octanol–water partition coefficient (Wildman–Crippen LogP) is 2.59. The molecule has 1 atom stereocenters. The van der Waals surface area contributed by atoms with Gasteiger partial charge in [-0.1, -0.05) is 0 Å². The van der Waals surface area contributed by atoms with Gasteiger partial charge in [-0.05, 0) is 40.8 Å². The third kappa shape index (κ3) is 2.64. The van der Waals surface area contributed by atoms with E-state index in [-0.39, 0.29) is 5.91 Å². The molecule has 76 valence electrons. The molecule has 1 aliphatic heterocycles. The summed E-state index contributed by atoms with van der Waals surface area (Å²) in [5, 5.41) is 4.97. The van der Waals surface area contributed by atoms with Gasteiger partial charge in [0.2, 0.25) is 0 Å². The molecule has 0 aromatic carbocycles. The fourth-order valence-corrected chi connectivity index (χ4v) is 3.83. The monoisotopic (exact) mass is 339 g/mol. The zero-order valence-corrected chi connectivity index (χ0v) is 11.2. The number of carbonyl (C=O) groups is 1. The number of amides is 1. The van der Waals surface area contributed by atoms with Gasteiger partial charge in [-0.15, -0.1) is 11.3 Å². The Morgan fingerprint density at radius 3 is 3.07 bits per heavy atom. The molecule has 1 unspecified atom stereocenters. The van der Waals surface area contributed by atoms with Gasteiger partial charge in [-0.25, -0.2) is 0 Å². The van der Waals surface area contributed by atoms with Gasteiger partial charge < -0.3 is 5.32 Å². The Balaban J connectivity index is 1.95. The Morgan fingerprint density at radius 1 is 1.64 bits per heavy atom. The van der Waals surface area contributed by atoms with Crippen molar-refractivity contribution in [2.45, 2.75) is 12.5 Å². The highest BCUT2D eigenvalue weighted by molar-refractivity contribution is 14.1. The van der Waals surface area contributed by atoms with Gasteiger partial charge in [0, 0.05) is 17.2 Å². The molecule has 0 spiro atoms. The first-order chi connectivity index (χ1) is 6.75. The first-order valence-corrected chi connectivity index (χ1v) is 7.49. The largest absolute Gasteiger partial charge is 0.348 e. The van der Waals surface area contributed by atoms with Crippen LogP contribution in [0.2, 0.25) is 0 Å². The lowest BCUT2D eigenvalue weighted by atomic mass is 10.2. The van der Waals surface area contributed by atoms with Gasteiger partial charge in [0.05, 0.1) is 8.45 Å². The third-order valence-electron chi connectivity index (χ3n) is 2.09. The van der Waals surface area contributed by atoms with E-state index < -0.39 is 0 Å². The number of carbonyl (C=O) groups excluding carboxylic acids is 1. The number of hydrogen-bond acceptors (Lipinski definition) is 3. The number of rotatable bonds is 2. The van der Waals surface area contributed by atoms with Gasteiger partial charge in [0.15, 0.2) is 0 Å². The highest BCUT2D eigenvalue weighted by Gasteiger charge is 2.18. The molecule has 1 amide bonds. The van der Waals surface area contributed by atoms with Gasteiger partial charge in [0.1, 0.15) is 0 Å². The van der Waals surface area contributed by atoms with Crippen molar-refractivity contribution in [2.75, 3.05) is 11.5 Å². The van der Waals surface area contributed by atoms with E-state index in [0.717, 1.165) is 20.6 Å². The maximum absolute atomic E-state index is 11.7. The summed E-state index contributed by atoms with van der Waals surface area (Å²) in [7, 11) is 0. The molecule has 1 aliphatic rings. The quantitative estimate of drug-likeness (QED) is 0.840. The fraction of sp³-hybridized carbons (Fsp3) is 0.444. The second-order valence-electron chi connectivity index (χ2n) is 3.17. The van der Waals surface area contributed by atoms with Crippen LogP contribution in [0, 0.1) is 2.88 Å². The molecule has 1 aromatic rings. The summed E-state index contributed by atoms with van der Waals surface area (Å²) < 4.78 is 1.16. The molecule has 1 fully saturated rings. The normalized spacial score (nSPS) is 21.1. The Kier molecular flexibility index (Phi) is 3.73. The van der Waals surface area contributed by atoms with Crippen LogP contribution in [0.25, 0.3) is 0 Å². The van der Waals surface area contributed by atoms with Gasteiger partial charge >= 0.3 is 0 Å². The SMILES string of the molecule is O=C(NC1CCSC1)c1csc(I)c1. The molecule has 2 rings (SSSR count). The molecular weight excluding hydrogens is 329 g/mol. The third-order valence-corrected chi connectivity index (χ3v) is 5.05. The van der Waals surface area contributed by atoms with E-state index in [1.807, 2.05) is 23.2 Å². The van der Waals surface area contributed by atoms with Crippen LogP contribution < -0.4 is 5.32 Å². The average molecular weight is 339 g/mol. The molecule has 2 nitrogen and oxygen atoms in total. The average Bonchev–Trinajstić information content (AvgIpc) is 2.75. The van der Waals surface area contributed by atoms with Crippen LogP contribution in [0.5, 0.6) is 0 Å². The van der Waals surface area contributed by atoms with E-state index in [4.69, 9.17) is 0 Å². The second-order valence-corrected chi connectivity index (χ2v) is 7.13. The molecule has 0 bridgehead atoms. The molecule has 0 saturated carbocycles. The van der Waals surface area contributed by atoms with Crippen molar-refractivity contribution >= 4 is 51.6 Å². The molecule has 2 heterocycles. The van der Waals surface area contributed by atoms with Crippen LogP contribution in [0.3, 0.4) is 0 Å². The molecule has 1 aromatic heterocycles. The second kappa shape index (κ2) is 4.85. The van der Waals surface area contributed by atoms with Crippen molar-refractivity contribution in [3.63, 3.8) is 0 Å². The standard InChI is InChI=1S/C9H10INOS2/c10-8-3-6(4-14-8)9(12)11-7-1-2-13-5-7/h3-4,7H,1-2,5H2,(H,11,12). The molecule has 14 heavy (non-hydrogen) atoms. The van der Waals surface area contributed by atoms with Crippen LogP contribution in [-0.2, 0) is 0 Å². The van der Waals surface area contributed by atoms with Crippen molar-refractivity contribution < 1.29 is 4.79 Å². The minimum atomic E-state index is 0.0802. The van der Waals surface area contributed by atoms with Crippen LogP contribution >= 0.6 is 45.7 Å². The van der Waals surface area contributed by atoms with Crippen molar-refractivity contribution in [3.05, 3.63) is 19.9 Å². The van der Waals surface area contributed by atoms with E-state index in [1.165, 1.54) is 5.75 Å². The lowest BCUT2D eigenvalue weighted by Crippen LogP contribution is -2.34. The number of halogens is 1. The minimum Gasteiger partial charge on any atom is -0.348 e. The topological polar surface area (TPSA) is 29.1 Å². The summed E-state index contributed by atoms with van der Waals surface area (Å²) >= 11 is 5.76. The van der Waals surface area contributed by atoms with Crippen molar-refractivity contribution in [3.8, 4) is 0 Å². The van der Waals surface area contributed by atoms with E-state index in [0.29, 0.717) is 6.04 Å². The maximum atomic E-state index is 11.7. The molecular formula is C9H10INOS2. The molecule has 1 saturated heterocycles. The lowest BCUT2D eigenvalue weighted by Gasteiger charge is -2.09. The minimum absolute atomic E-state index is 0.0802. The van der Waals surface area contributed by atoms with Crippen molar-refractivity contribution in [2.24, 2.45) is 0 Å². The zero-order valence-electron chi connectivity index (χ0n) is 7.46. The number of hydrogen-bond donors (Lipinski definition) is 1. The van der Waals surface area contributed by atoms with Crippen LogP contribution in [0.1, 0.15) is 16.8 Å². The van der Waals surface area contributed by atoms with E-state index in [9.17, 15) is 4.79 Å². The maximum Gasteiger partial charge on any atom is 0.252 e. The van der Waals surface area contributed by atoms with Crippen LogP contribution in [0.15, 0.2) is 11.4 Å². The van der Waals surface area contributed by atoms with Crippen molar-refractivity contribution in [1.82, 2.24) is 5.32 Å². The highest BCUT2D eigenvalue weighted by atomic mass is 127. The molecule has 0 aliphatic carbocycles. The van der Waals surface area contributed by atoms with E-state index >= 15 is 0 Å². The Bertz CT molecular complexity index is 333. The number of thioether (sulfide) groups is 1. The smallest absolute Gasteiger partial charge is 0.252 e. The van der Waals surface area contributed by atoms with Gasteiger partial charge in [-0.3, -0.25) is 4.79 Å². The summed E-state index contributed by atoms with van der Waals surface area (Å²) in [4.78, 5) is 11.7. The van der Waals surface area contributed by atoms with Gasteiger partial charge in [0.25, 0.3) is 5.91 Å². The summed E-state index contributed by atoms with van der Waals surface area (Å²) in [5.74, 6) is 2.32. The first kappa shape index (κ1) is 10.8. The van der Waals surface area contributed by atoms with E-state index in [2.05, 4.69) is 27.9 Å². The first-order valence-electron chi connectivity index (χ1n) is 4.38. The lowest BCUT2D eigenvalue weighted by molar-refractivity contribution is 0.0941. The van der Waals surface area contributed by atoms with Crippen LogP contribution in [-0.4, -0.2) is 23.5 Å². The summed E-state index contributed by atoms with van der Waals surface area (Å²) in [6, 6.07) is 2.31. The Labute approximate surface area is 105 Å². The summed E-state index contributed by atoms with van der Waals surface area (Å²) in [6.07, 6.45) is 1.11. The molecule has 1 N–H and O–H groups in total. The highest BCUT2D eigenvalue weighted by Crippen LogP contribution is 2.19. The zero-order chi connectivity index (χ0) is 9.97. The number of thiophene rings is 1.